The fourth-order valence-corrected chi connectivity index (χ4v) is 2.90. The van der Waals surface area contributed by atoms with Gasteiger partial charge in [-0.15, -0.1) is 0 Å². The Kier molecular flexibility index (Phi) is 5.45. The van der Waals surface area contributed by atoms with Crippen molar-refractivity contribution in [2.24, 2.45) is 0 Å². The van der Waals surface area contributed by atoms with E-state index >= 15 is 0 Å². The first kappa shape index (κ1) is 18.5. The third kappa shape index (κ3) is 4.11. The third-order valence-electron chi connectivity index (χ3n) is 4.23. The van der Waals surface area contributed by atoms with E-state index in [1.165, 1.54) is 0 Å². The first-order chi connectivity index (χ1) is 13.0. The quantitative estimate of drug-likeness (QED) is 0.509. The summed E-state index contributed by atoms with van der Waals surface area (Å²) in [6.45, 7) is 3.11. The van der Waals surface area contributed by atoms with Crippen molar-refractivity contribution >= 4 is 22.7 Å². The number of rotatable bonds is 7. The number of fused-ring (bicyclic) bond motifs is 1. The summed E-state index contributed by atoms with van der Waals surface area (Å²) in [6, 6.07) is 14.4. The molecule has 0 saturated carbocycles. The van der Waals surface area contributed by atoms with Crippen LogP contribution in [0.25, 0.3) is 10.9 Å². The van der Waals surface area contributed by atoms with Crippen LogP contribution in [0.3, 0.4) is 0 Å². The molecular weight excluding hydrogens is 346 g/mol. The lowest BCUT2D eigenvalue weighted by atomic mass is 10.0. The second kappa shape index (κ2) is 7.95. The van der Waals surface area contributed by atoms with E-state index in [2.05, 4.69) is 4.98 Å². The number of H-pyrrole nitrogens is 1. The Morgan fingerprint density at radius 3 is 2.41 bits per heavy atom. The minimum Gasteiger partial charge on any atom is -0.497 e. The zero-order valence-electron chi connectivity index (χ0n) is 15.4. The zero-order chi connectivity index (χ0) is 19.4. The molecule has 0 aliphatic rings. The van der Waals surface area contributed by atoms with E-state index in [0.29, 0.717) is 17.1 Å². The molecule has 3 aromatic rings. The van der Waals surface area contributed by atoms with Crippen LogP contribution >= 0.6 is 0 Å². The number of aryl methyl sites for hydroxylation is 1. The van der Waals surface area contributed by atoms with E-state index in [9.17, 15) is 9.59 Å². The summed E-state index contributed by atoms with van der Waals surface area (Å²) in [6.07, 6.45) is -0.908. The largest absolute Gasteiger partial charge is 0.497 e. The summed E-state index contributed by atoms with van der Waals surface area (Å²) in [5.41, 5.74) is 2.17. The van der Waals surface area contributed by atoms with E-state index in [-0.39, 0.29) is 12.4 Å². The van der Waals surface area contributed by atoms with Gasteiger partial charge in [0.25, 0.3) is 0 Å². The number of hydrogen-bond acceptors (Lipinski definition) is 5. The number of esters is 1. The van der Waals surface area contributed by atoms with Crippen molar-refractivity contribution in [1.82, 2.24) is 4.98 Å². The van der Waals surface area contributed by atoms with Crippen molar-refractivity contribution in [2.75, 3.05) is 13.7 Å². The summed E-state index contributed by atoms with van der Waals surface area (Å²) in [7, 11) is 1.57. The predicted molar refractivity (Wildman–Crippen MR) is 101 cm³/mol. The Balaban J connectivity index is 1.61. The molecule has 1 N–H and O–H groups in total. The van der Waals surface area contributed by atoms with E-state index in [4.69, 9.17) is 14.2 Å². The molecular formula is C21H21NO5. The number of carbonyl (C=O) groups excluding carboxylic acids is 2. The molecule has 6 heteroatoms. The molecule has 0 amide bonds. The third-order valence-corrected chi connectivity index (χ3v) is 4.23. The van der Waals surface area contributed by atoms with Gasteiger partial charge in [0, 0.05) is 22.2 Å². The van der Waals surface area contributed by atoms with Crippen LogP contribution in [0.2, 0.25) is 0 Å². The van der Waals surface area contributed by atoms with Gasteiger partial charge in [0.2, 0.25) is 5.78 Å². The Morgan fingerprint density at radius 1 is 1.04 bits per heavy atom. The summed E-state index contributed by atoms with van der Waals surface area (Å²) in [4.78, 5) is 28.0. The number of ketones is 1. The van der Waals surface area contributed by atoms with Crippen LogP contribution in [-0.4, -0.2) is 36.6 Å². The zero-order valence-corrected chi connectivity index (χ0v) is 15.4. The molecule has 1 atom stereocenters. The number of ether oxygens (including phenoxy) is 3. The molecule has 0 saturated heterocycles. The molecule has 0 aliphatic heterocycles. The van der Waals surface area contributed by atoms with E-state index in [1.54, 1.807) is 38.3 Å². The van der Waals surface area contributed by atoms with Crippen LogP contribution in [0.4, 0.5) is 0 Å². The van der Waals surface area contributed by atoms with Crippen molar-refractivity contribution in [1.29, 1.82) is 0 Å². The van der Waals surface area contributed by atoms with Gasteiger partial charge in [-0.2, -0.15) is 0 Å². The minimum atomic E-state index is -0.908. The fraction of sp³-hybridized carbons (Fsp3) is 0.238. The lowest BCUT2D eigenvalue weighted by molar-refractivity contribution is -0.148. The van der Waals surface area contributed by atoms with Gasteiger partial charge in [0.1, 0.15) is 11.5 Å². The summed E-state index contributed by atoms with van der Waals surface area (Å²) in [5.74, 6) is 0.351. The SMILES string of the molecule is COc1ccc(OCC(=O)O[C@@H](C)C(=O)c2c(C)[nH]c3ccccc23)cc1. The molecule has 0 radical (unpaired) electrons. The standard InChI is InChI=1S/C21H21NO5/c1-13-20(17-6-4-5-7-18(17)22-13)21(24)14(2)27-19(23)12-26-16-10-8-15(25-3)9-11-16/h4-11,14,22H,12H2,1-3H3/t14-/m0/s1. The first-order valence-electron chi connectivity index (χ1n) is 8.57. The molecule has 0 bridgehead atoms. The molecule has 0 aliphatic carbocycles. The first-order valence-corrected chi connectivity index (χ1v) is 8.57. The molecule has 0 unspecified atom stereocenters. The van der Waals surface area contributed by atoms with Crippen molar-refractivity contribution < 1.29 is 23.8 Å². The van der Waals surface area contributed by atoms with Crippen LogP contribution in [0.1, 0.15) is 23.0 Å². The van der Waals surface area contributed by atoms with Crippen LogP contribution in [0.15, 0.2) is 48.5 Å². The van der Waals surface area contributed by atoms with Crippen LogP contribution < -0.4 is 9.47 Å². The molecule has 0 spiro atoms. The number of carbonyl (C=O) groups is 2. The van der Waals surface area contributed by atoms with Crippen molar-refractivity contribution in [3.05, 3.63) is 59.8 Å². The molecule has 1 aromatic heterocycles. The van der Waals surface area contributed by atoms with Crippen LogP contribution in [0, 0.1) is 6.92 Å². The number of aromatic amines is 1. The monoisotopic (exact) mass is 367 g/mol. The van der Waals surface area contributed by atoms with Gasteiger partial charge in [-0.05, 0) is 44.2 Å². The Hall–Kier alpha value is -3.28. The highest BCUT2D eigenvalue weighted by Gasteiger charge is 2.24. The molecule has 140 valence electrons. The molecule has 0 fully saturated rings. The lowest BCUT2D eigenvalue weighted by Crippen LogP contribution is -2.27. The number of hydrogen-bond donors (Lipinski definition) is 1. The van der Waals surface area contributed by atoms with Crippen molar-refractivity contribution in [3.8, 4) is 11.5 Å². The molecule has 1 heterocycles. The van der Waals surface area contributed by atoms with Crippen LogP contribution in [0.5, 0.6) is 11.5 Å². The maximum atomic E-state index is 12.8. The van der Waals surface area contributed by atoms with Gasteiger partial charge in [-0.3, -0.25) is 4.79 Å². The summed E-state index contributed by atoms with van der Waals surface area (Å²) in [5, 5.41) is 0.817. The highest BCUT2D eigenvalue weighted by Crippen LogP contribution is 2.24. The molecule has 2 aromatic carbocycles. The normalized spacial score (nSPS) is 11.8. The summed E-state index contributed by atoms with van der Waals surface area (Å²) < 4.78 is 15.7. The van der Waals surface area contributed by atoms with Gasteiger partial charge in [-0.1, -0.05) is 18.2 Å². The average Bonchev–Trinajstić information content (AvgIpc) is 3.01. The fourth-order valence-electron chi connectivity index (χ4n) is 2.90. The minimum absolute atomic E-state index is 0.247. The number of para-hydroxylation sites is 1. The van der Waals surface area contributed by atoms with E-state index < -0.39 is 12.1 Å². The molecule has 27 heavy (non-hydrogen) atoms. The average molecular weight is 367 g/mol. The van der Waals surface area contributed by atoms with Gasteiger partial charge in [0.15, 0.2) is 12.7 Å². The second-order valence-corrected chi connectivity index (χ2v) is 6.13. The van der Waals surface area contributed by atoms with Gasteiger partial charge in [-0.25, -0.2) is 4.79 Å². The maximum absolute atomic E-state index is 12.8. The molecule has 3 rings (SSSR count). The van der Waals surface area contributed by atoms with Crippen LogP contribution in [-0.2, 0) is 9.53 Å². The van der Waals surface area contributed by atoms with Gasteiger partial charge in [0.05, 0.1) is 7.11 Å². The van der Waals surface area contributed by atoms with Crippen molar-refractivity contribution in [3.63, 3.8) is 0 Å². The highest BCUT2D eigenvalue weighted by atomic mass is 16.6. The summed E-state index contributed by atoms with van der Waals surface area (Å²) >= 11 is 0. The number of benzene rings is 2. The maximum Gasteiger partial charge on any atom is 0.344 e. The van der Waals surface area contributed by atoms with E-state index in [0.717, 1.165) is 16.6 Å². The smallest absolute Gasteiger partial charge is 0.344 e. The topological polar surface area (TPSA) is 77.6 Å². The van der Waals surface area contributed by atoms with Crippen molar-refractivity contribution in [2.45, 2.75) is 20.0 Å². The molecule has 6 nitrogen and oxygen atoms in total. The van der Waals surface area contributed by atoms with Gasteiger partial charge >= 0.3 is 5.97 Å². The van der Waals surface area contributed by atoms with Gasteiger partial charge < -0.3 is 19.2 Å². The Labute approximate surface area is 157 Å². The lowest BCUT2D eigenvalue weighted by Gasteiger charge is -2.13. The number of Topliss-reactive ketones (excluding diaryl/α,β-unsaturated/α-hetero) is 1. The number of methoxy groups -OCH3 is 1. The van der Waals surface area contributed by atoms with E-state index in [1.807, 2.05) is 31.2 Å². The Morgan fingerprint density at radius 2 is 1.70 bits per heavy atom. The predicted octanol–water partition coefficient (Wildman–Crippen LogP) is 3.68. The number of aromatic nitrogens is 1. The Bertz CT molecular complexity index is 958. The highest BCUT2D eigenvalue weighted by molar-refractivity contribution is 6.11. The number of nitrogens with one attached hydrogen (secondary N) is 1. The second-order valence-electron chi connectivity index (χ2n) is 6.13.